The van der Waals surface area contributed by atoms with Crippen LogP contribution in [0.5, 0.6) is 0 Å². The van der Waals surface area contributed by atoms with Crippen LogP contribution in [0, 0.1) is 5.92 Å². The van der Waals surface area contributed by atoms with Crippen molar-refractivity contribution in [1.29, 1.82) is 0 Å². The van der Waals surface area contributed by atoms with Crippen LogP contribution in [0.15, 0.2) is 0 Å². The second-order valence-corrected chi connectivity index (χ2v) is 5.90. The van der Waals surface area contributed by atoms with Gasteiger partial charge in [-0.3, -0.25) is 4.79 Å². The fourth-order valence-corrected chi connectivity index (χ4v) is 2.93. The van der Waals surface area contributed by atoms with Crippen molar-refractivity contribution in [1.82, 2.24) is 15.1 Å². The summed E-state index contributed by atoms with van der Waals surface area (Å²) in [5, 5.41) is 3.09. The van der Waals surface area contributed by atoms with E-state index in [0.717, 1.165) is 58.3 Å². The Labute approximate surface area is 121 Å². The van der Waals surface area contributed by atoms with Gasteiger partial charge in [-0.2, -0.15) is 0 Å². The Balaban J connectivity index is 1.74. The topological polar surface area (TPSA) is 52.7 Å². The highest BCUT2D eigenvalue weighted by atomic mass is 16.2. The van der Waals surface area contributed by atoms with Crippen LogP contribution in [0.25, 0.3) is 0 Å². The van der Waals surface area contributed by atoms with Gasteiger partial charge in [-0.05, 0) is 32.1 Å². The molecule has 0 saturated carbocycles. The first-order chi connectivity index (χ1) is 9.65. The quantitative estimate of drug-likeness (QED) is 0.854. The lowest BCUT2D eigenvalue weighted by atomic mass is 9.98. The molecule has 2 aliphatic heterocycles. The van der Waals surface area contributed by atoms with Gasteiger partial charge in [0.25, 0.3) is 0 Å². The van der Waals surface area contributed by atoms with E-state index in [1.54, 1.807) is 0 Å². The SMILES string of the molecule is CCC(CC)C(=O)N1CCC(NC(=O)N2CCC2)CC1. The van der Waals surface area contributed by atoms with E-state index in [0.29, 0.717) is 5.91 Å². The Morgan fingerprint density at radius 3 is 2.10 bits per heavy atom. The molecule has 0 spiro atoms. The molecule has 2 rings (SSSR count). The zero-order valence-corrected chi connectivity index (χ0v) is 12.7. The lowest BCUT2D eigenvalue weighted by Gasteiger charge is -2.37. The van der Waals surface area contributed by atoms with E-state index in [-0.39, 0.29) is 18.0 Å². The summed E-state index contributed by atoms with van der Waals surface area (Å²) in [6, 6.07) is 0.301. The molecule has 0 aromatic rings. The van der Waals surface area contributed by atoms with Gasteiger partial charge in [-0.1, -0.05) is 13.8 Å². The van der Waals surface area contributed by atoms with E-state index >= 15 is 0 Å². The minimum Gasteiger partial charge on any atom is -0.342 e. The second kappa shape index (κ2) is 6.95. The molecule has 1 N–H and O–H groups in total. The monoisotopic (exact) mass is 281 g/mol. The predicted molar refractivity (Wildman–Crippen MR) is 78.4 cm³/mol. The van der Waals surface area contributed by atoms with Gasteiger partial charge in [0.15, 0.2) is 0 Å². The number of hydrogen-bond donors (Lipinski definition) is 1. The van der Waals surface area contributed by atoms with Gasteiger partial charge in [0.05, 0.1) is 0 Å². The van der Waals surface area contributed by atoms with Crippen molar-refractivity contribution in [3.8, 4) is 0 Å². The zero-order valence-electron chi connectivity index (χ0n) is 12.7. The third kappa shape index (κ3) is 3.44. The van der Waals surface area contributed by atoms with Gasteiger partial charge < -0.3 is 15.1 Å². The first kappa shape index (κ1) is 15.1. The third-order valence-electron chi connectivity index (χ3n) is 4.61. The molecule has 114 valence electrons. The van der Waals surface area contributed by atoms with Crippen LogP contribution >= 0.6 is 0 Å². The van der Waals surface area contributed by atoms with E-state index in [2.05, 4.69) is 19.2 Å². The number of carbonyl (C=O) groups excluding carboxylic acids is 2. The van der Waals surface area contributed by atoms with Gasteiger partial charge >= 0.3 is 6.03 Å². The van der Waals surface area contributed by atoms with Gasteiger partial charge in [0.2, 0.25) is 5.91 Å². The standard InChI is InChI=1S/C15H27N3O2/c1-3-12(4-2)14(19)17-10-6-13(7-11-17)16-15(20)18-8-5-9-18/h12-13H,3-11H2,1-2H3,(H,16,20). The largest absolute Gasteiger partial charge is 0.342 e. The number of likely N-dealkylation sites (tertiary alicyclic amines) is 2. The van der Waals surface area contributed by atoms with Crippen LogP contribution < -0.4 is 5.32 Å². The number of amides is 3. The van der Waals surface area contributed by atoms with E-state index < -0.39 is 0 Å². The number of nitrogens with one attached hydrogen (secondary N) is 1. The molecule has 0 aromatic heterocycles. The molecule has 0 atom stereocenters. The highest BCUT2D eigenvalue weighted by Gasteiger charge is 2.28. The summed E-state index contributed by atoms with van der Waals surface area (Å²) in [4.78, 5) is 28.0. The number of nitrogens with zero attached hydrogens (tertiary/aromatic N) is 2. The molecule has 0 aliphatic carbocycles. The van der Waals surface area contributed by atoms with Gasteiger partial charge in [0, 0.05) is 38.1 Å². The summed E-state index contributed by atoms with van der Waals surface area (Å²) >= 11 is 0. The normalized spacial score (nSPS) is 19.9. The summed E-state index contributed by atoms with van der Waals surface area (Å²) < 4.78 is 0. The zero-order chi connectivity index (χ0) is 14.5. The van der Waals surface area contributed by atoms with Crippen LogP contribution in [-0.2, 0) is 4.79 Å². The van der Waals surface area contributed by atoms with E-state index in [1.807, 2.05) is 9.80 Å². The van der Waals surface area contributed by atoms with Crippen molar-refractivity contribution in [2.45, 2.75) is 52.0 Å². The molecule has 5 nitrogen and oxygen atoms in total. The number of piperidine rings is 1. The molecule has 0 aromatic carbocycles. The Kier molecular flexibility index (Phi) is 5.26. The molecule has 2 aliphatic rings. The molecule has 0 radical (unpaired) electrons. The van der Waals surface area contributed by atoms with Crippen LogP contribution in [0.2, 0.25) is 0 Å². The van der Waals surface area contributed by atoms with Crippen molar-refractivity contribution in [3.05, 3.63) is 0 Å². The minimum atomic E-state index is 0.0704. The van der Waals surface area contributed by atoms with Gasteiger partial charge in [-0.15, -0.1) is 0 Å². The molecule has 2 heterocycles. The summed E-state index contributed by atoms with van der Waals surface area (Å²) in [5.74, 6) is 0.463. The number of carbonyl (C=O) groups is 2. The van der Waals surface area contributed by atoms with Crippen molar-refractivity contribution < 1.29 is 9.59 Å². The first-order valence-electron chi connectivity index (χ1n) is 7.99. The molecule has 0 unspecified atom stereocenters. The summed E-state index contributed by atoms with van der Waals surface area (Å²) in [6.45, 7) is 7.48. The van der Waals surface area contributed by atoms with Gasteiger partial charge in [0.1, 0.15) is 0 Å². The molecule has 5 heteroatoms. The number of rotatable bonds is 4. The Hall–Kier alpha value is -1.26. The molecular weight excluding hydrogens is 254 g/mol. The molecule has 2 saturated heterocycles. The molecule has 0 bridgehead atoms. The number of hydrogen-bond acceptors (Lipinski definition) is 2. The molecular formula is C15H27N3O2. The average molecular weight is 281 g/mol. The predicted octanol–water partition coefficient (Wildman–Crippen LogP) is 1.83. The highest BCUT2D eigenvalue weighted by molar-refractivity contribution is 5.79. The Bertz CT molecular complexity index is 343. The highest BCUT2D eigenvalue weighted by Crippen LogP contribution is 2.18. The lowest BCUT2D eigenvalue weighted by Crippen LogP contribution is -2.53. The van der Waals surface area contributed by atoms with Crippen LogP contribution in [0.1, 0.15) is 46.0 Å². The summed E-state index contributed by atoms with van der Waals surface area (Å²) in [6.07, 6.45) is 4.72. The average Bonchev–Trinajstić information content (AvgIpc) is 2.38. The van der Waals surface area contributed by atoms with Crippen LogP contribution in [0.4, 0.5) is 4.79 Å². The molecule has 20 heavy (non-hydrogen) atoms. The summed E-state index contributed by atoms with van der Waals surface area (Å²) in [7, 11) is 0. The van der Waals surface area contributed by atoms with Crippen molar-refractivity contribution in [2.24, 2.45) is 5.92 Å². The van der Waals surface area contributed by atoms with E-state index in [4.69, 9.17) is 0 Å². The van der Waals surface area contributed by atoms with E-state index in [1.165, 1.54) is 0 Å². The smallest absolute Gasteiger partial charge is 0.317 e. The summed E-state index contributed by atoms with van der Waals surface area (Å²) in [5.41, 5.74) is 0. The molecule has 2 fully saturated rings. The fraction of sp³-hybridized carbons (Fsp3) is 0.867. The Morgan fingerprint density at radius 2 is 1.65 bits per heavy atom. The maximum atomic E-state index is 12.3. The lowest BCUT2D eigenvalue weighted by molar-refractivity contribution is -0.136. The Morgan fingerprint density at radius 1 is 1.05 bits per heavy atom. The number of urea groups is 1. The second-order valence-electron chi connectivity index (χ2n) is 5.90. The maximum Gasteiger partial charge on any atom is 0.317 e. The van der Waals surface area contributed by atoms with Crippen LogP contribution in [0.3, 0.4) is 0 Å². The van der Waals surface area contributed by atoms with Crippen molar-refractivity contribution >= 4 is 11.9 Å². The van der Waals surface area contributed by atoms with Crippen molar-refractivity contribution in [3.63, 3.8) is 0 Å². The third-order valence-corrected chi connectivity index (χ3v) is 4.61. The van der Waals surface area contributed by atoms with Gasteiger partial charge in [-0.25, -0.2) is 4.79 Å². The minimum absolute atomic E-state index is 0.0704. The first-order valence-corrected chi connectivity index (χ1v) is 7.99. The fourth-order valence-electron chi connectivity index (χ4n) is 2.93. The van der Waals surface area contributed by atoms with Crippen LogP contribution in [-0.4, -0.2) is 54.0 Å². The maximum absolute atomic E-state index is 12.3. The van der Waals surface area contributed by atoms with Crippen molar-refractivity contribution in [2.75, 3.05) is 26.2 Å². The molecule has 3 amide bonds. The van der Waals surface area contributed by atoms with E-state index in [9.17, 15) is 9.59 Å².